The van der Waals surface area contributed by atoms with Crippen LogP contribution in [0.25, 0.3) is 5.57 Å². The molecular formula is C15H24. The Hall–Kier alpha value is -1.30. The summed E-state index contributed by atoms with van der Waals surface area (Å²) in [6.45, 7) is 9.92. The van der Waals surface area contributed by atoms with E-state index in [1.807, 2.05) is 38.1 Å². The highest BCUT2D eigenvalue weighted by Crippen LogP contribution is 2.14. The van der Waals surface area contributed by atoms with Crippen molar-refractivity contribution in [3.63, 3.8) is 0 Å². The molecule has 1 aromatic rings. The summed E-state index contributed by atoms with van der Waals surface area (Å²) < 4.78 is 0. The van der Waals surface area contributed by atoms with E-state index >= 15 is 0 Å². The van der Waals surface area contributed by atoms with Crippen LogP contribution < -0.4 is 0 Å². The highest BCUT2D eigenvalue weighted by Gasteiger charge is 1.92. The van der Waals surface area contributed by atoms with Crippen molar-refractivity contribution in [2.24, 2.45) is 0 Å². The van der Waals surface area contributed by atoms with E-state index in [-0.39, 0.29) is 7.43 Å². The molecule has 84 valence electrons. The molecule has 0 aliphatic rings. The molecule has 0 heterocycles. The molecule has 0 aliphatic heterocycles. The Kier molecular flexibility index (Phi) is 11.6. The minimum Gasteiger partial charge on any atom is -0.0985 e. The summed E-state index contributed by atoms with van der Waals surface area (Å²) in [7, 11) is 0. The van der Waals surface area contributed by atoms with E-state index in [9.17, 15) is 0 Å². The Morgan fingerprint density at radius 2 is 1.73 bits per heavy atom. The van der Waals surface area contributed by atoms with Crippen molar-refractivity contribution in [1.82, 2.24) is 0 Å². The molecule has 0 saturated carbocycles. The van der Waals surface area contributed by atoms with Crippen molar-refractivity contribution < 1.29 is 0 Å². The molecule has 15 heavy (non-hydrogen) atoms. The summed E-state index contributed by atoms with van der Waals surface area (Å²) in [5, 5.41) is 0. The lowest BCUT2D eigenvalue weighted by atomic mass is 10.1. The molecule has 0 fully saturated rings. The summed E-state index contributed by atoms with van der Waals surface area (Å²) in [6.07, 6.45) is 5.14. The summed E-state index contributed by atoms with van der Waals surface area (Å²) >= 11 is 0. The second-order valence-corrected chi connectivity index (χ2v) is 2.64. The largest absolute Gasteiger partial charge is 0.0985 e. The van der Waals surface area contributed by atoms with Crippen LogP contribution in [0.3, 0.4) is 0 Å². The van der Waals surface area contributed by atoms with Crippen LogP contribution in [0.5, 0.6) is 0 Å². The van der Waals surface area contributed by atoms with Gasteiger partial charge in [0.05, 0.1) is 0 Å². The number of allylic oxidation sites excluding steroid dienone is 3. The van der Waals surface area contributed by atoms with Gasteiger partial charge >= 0.3 is 0 Å². The van der Waals surface area contributed by atoms with E-state index < -0.39 is 0 Å². The van der Waals surface area contributed by atoms with Crippen LogP contribution in [0.4, 0.5) is 0 Å². The second kappa shape index (κ2) is 10.8. The Morgan fingerprint density at radius 1 is 1.20 bits per heavy atom. The van der Waals surface area contributed by atoms with Gasteiger partial charge in [-0.15, -0.1) is 0 Å². The zero-order valence-electron chi connectivity index (χ0n) is 9.46. The van der Waals surface area contributed by atoms with E-state index in [0.717, 1.165) is 6.42 Å². The average Bonchev–Trinajstić information content (AvgIpc) is 2.30. The Morgan fingerprint density at radius 3 is 2.13 bits per heavy atom. The fraction of sp³-hybridized carbons (Fsp3) is 0.333. The quantitative estimate of drug-likeness (QED) is 0.584. The van der Waals surface area contributed by atoms with Crippen molar-refractivity contribution in [3.05, 3.63) is 54.6 Å². The third-order valence-corrected chi connectivity index (χ3v) is 1.75. The van der Waals surface area contributed by atoms with Crippen LogP contribution >= 0.6 is 0 Å². The third-order valence-electron chi connectivity index (χ3n) is 1.75. The summed E-state index contributed by atoms with van der Waals surface area (Å²) in [6, 6.07) is 10.3. The molecule has 0 aliphatic carbocycles. The van der Waals surface area contributed by atoms with Gasteiger partial charge < -0.3 is 0 Å². The predicted octanol–water partition coefficient (Wildman–Crippen LogP) is 5.33. The van der Waals surface area contributed by atoms with Crippen molar-refractivity contribution >= 4 is 5.57 Å². The number of hydrogen-bond donors (Lipinski definition) is 0. The first kappa shape index (κ1) is 16.1. The minimum absolute atomic E-state index is 0. The molecule has 0 N–H and O–H groups in total. The fourth-order valence-corrected chi connectivity index (χ4v) is 1.17. The Labute approximate surface area is 95.3 Å². The summed E-state index contributed by atoms with van der Waals surface area (Å²) in [5.74, 6) is 0. The zero-order valence-corrected chi connectivity index (χ0v) is 9.46. The van der Waals surface area contributed by atoms with Gasteiger partial charge in [-0.1, -0.05) is 77.3 Å². The van der Waals surface area contributed by atoms with E-state index in [2.05, 4.69) is 31.7 Å². The monoisotopic (exact) mass is 204 g/mol. The highest BCUT2D eigenvalue weighted by molar-refractivity contribution is 5.73. The highest BCUT2D eigenvalue weighted by atomic mass is 14.0. The van der Waals surface area contributed by atoms with E-state index in [4.69, 9.17) is 0 Å². The van der Waals surface area contributed by atoms with Gasteiger partial charge in [0.2, 0.25) is 0 Å². The lowest BCUT2D eigenvalue weighted by Crippen LogP contribution is -1.78. The molecule has 1 rings (SSSR count). The van der Waals surface area contributed by atoms with Gasteiger partial charge in [-0.3, -0.25) is 0 Å². The van der Waals surface area contributed by atoms with Gasteiger partial charge in [0.1, 0.15) is 0 Å². The molecule has 0 radical (unpaired) electrons. The average molecular weight is 204 g/mol. The molecular weight excluding hydrogens is 180 g/mol. The first-order valence-corrected chi connectivity index (χ1v) is 5.26. The van der Waals surface area contributed by atoms with Crippen LogP contribution in [0.15, 0.2) is 49.1 Å². The van der Waals surface area contributed by atoms with Gasteiger partial charge in [-0.05, 0) is 17.6 Å². The SMILES string of the molecule is C.C=C/C(=C\CC)c1ccccc1.CC. The normalized spacial score (nSPS) is 9.40. The molecule has 0 nitrogen and oxygen atoms in total. The van der Waals surface area contributed by atoms with E-state index in [1.54, 1.807) is 0 Å². The topological polar surface area (TPSA) is 0 Å². The molecule has 0 saturated heterocycles. The molecule has 0 aromatic heterocycles. The van der Waals surface area contributed by atoms with Crippen molar-refractivity contribution in [2.75, 3.05) is 0 Å². The van der Waals surface area contributed by atoms with E-state index in [1.165, 1.54) is 11.1 Å². The van der Waals surface area contributed by atoms with Crippen LogP contribution in [0.1, 0.15) is 40.2 Å². The van der Waals surface area contributed by atoms with Gasteiger partial charge in [0.25, 0.3) is 0 Å². The van der Waals surface area contributed by atoms with E-state index in [0.29, 0.717) is 0 Å². The standard InChI is InChI=1S/C12H14.C2H6.CH4/c1-3-8-11(4-2)12-9-6-5-7-10-12;1-2;/h4-10H,2-3H2,1H3;1-2H3;1H4/b11-8+;;. The molecule has 0 amide bonds. The molecule has 0 atom stereocenters. The molecule has 0 unspecified atom stereocenters. The van der Waals surface area contributed by atoms with Gasteiger partial charge in [-0.25, -0.2) is 0 Å². The van der Waals surface area contributed by atoms with Crippen LogP contribution in [-0.2, 0) is 0 Å². The van der Waals surface area contributed by atoms with Crippen molar-refractivity contribution in [3.8, 4) is 0 Å². The van der Waals surface area contributed by atoms with Gasteiger partial charge in [0.15, 0.2) is 0 Å². The first-order chi connectivity index (χ1) is 6.88. The number of benzene rings is 1. The second-order valence-electron chi connectivity index (χ2n) is 2.64. The summed E-state index contributed by atoms with van der Waals surface area (Å²) in [4.78, 5) is 0. The molecule has 0 heteroatoms. The van der Waals surface area contributed by atoms with Crippen LogP contribution in [0.2, 0.25) is 0 Å². The summed E-state index contributed by atoms with van der Waals surface area (Å²) in [5.41, 5.74) is 2.47. The molecule has 1 aromatic carbocycles. The Bertz CT molecular complexity index is 267. The maximum absolute atomic E-state index is 3.79. The van der Waals surface area contributed by atoms with Crippen molar-refractivity contribution in [2.45, 2.75) is 34.6 Å². The number of rotatable bonds is 3. The maximum atomic E-state index is 3.79. The van der Waals surface area contributed by atoms with Crippen LogP contribution in [-0.4, -0.2) is 0 Å². The first-order valence-electron chi connectivity index (χ1n) is 5.26. The lowest BCUT2D eigenvalue weighted by molar-refractivity contribution is 1.23. The van der Waals surface area contributed by atoms with Crippen LogP contribution in [0, 0.1) is 0 Å². The third kappa shape index (κ3) is 5.90. The molecule has 0 bridgehead atoms. The molecule has 0 spiro atoms. The van der Waals surface area contributed by atoms with Gasteiger partial charge in [0, 0.05) is 0 Å². The zero-order chi connectivity index (χ0) is 10.8. The Balaban J connectivity index is 0. The lowest BCUT2D eigenvalue weighted by Gasteiger charge is -2.00. The predicted molar refractivity (Wildman–Crippen MR) is 73.0 cm³/mol. The van der Waals surface area contributed by atoms with Crippen molar-refractivity contribution in [1.29, 1.82) is 0 Å². The maximum Gasteiger partial charge on any atom is -0.0187 e. The fourth-order valence-electron chi connectivity index (χ4n) is 1.17. The minimum atomic E-state index is 0. The smallest absolute Gasteiger partial charge is 0.0187 e. The number of hydrogen-bond acceptors (Lipinski definition) is 0. The van der Waals surface area contributed by atoms with Gasteiger partial charge in [-0.2, -0.15) is 0 Å².